The number of aromatic nitrogens is 1. The zero-order chi connectivity index (χ0) is 26.8. The number of esters is 1. The number of halogens is 2. The molecule has 3 aromatic carbocycles. The minimum absolute atomic E-state index is 0.248. The minimum atomic E-state index is -0.682. The lowest BCUT2D eigenvalue weighted by molar-refractivity contribution is -0.136. The van der Waals surface area contributed by atoms with E-state index in [4.69, 9.17) is 32.7 Å². The average Bonchev–Trinajstić information content (AvgIpc) is 3.22. The molecule has 0 N–H and O–H groups in total. The van der Waals surface area contributed by atoms with E-state index in [1.54, 1.807) is 41.8 Å². The van der Waals surface area contributed by atoms with Gasteiger partial charge in [-0.3, -0.25) is 9.36 Å². The molecule has 5 rings (SSSR count). The van der Waals surface area contributed by atoms with Crippen molar-refractivity contribution in [2.24, 2.45) is 4.99 Å². The third-order valence-electron chi connectivity index (χ3n) is 6.14. The molecule has 2 heterocycles. The summed E-state index contributed by atoms with van der Waals surface area (Å²) in [6.45, 7) is 2.10. The summed E-state index contributed by atoms with van der Waals surface area (Å²) in [6.07, 6.45) is 1.80. The average molecular weight is 565 g/mol. The van der Waals surface area contributed by atoms with E-state index < -0.39 is 12.0 Å². The molecule has 1 aliphatic heterocycles. The lowest BCUT2D eigenvalue weighted by Gasteiger charge is -2.24. The molecule has 1 aliphatic rings. The zero-order valence-corrected chi connectivity index (χ0v) is 22.8. The van der Waals surface area contributed by atoms with Gasteiger partial charge in [0.1, 0.15) is 12.4 Å². The van der Waals surface area contributed by atoms with Gasteiger partial charge in [-0.1, -0.05) is 77.0 Å². The number of rotatable bonds is 6. The molecule has 0 fully saturated rings. The quantitative estimate of drug-likeness (QED) is 0.298. The molecule has 0 saturated carbocycles. The highest BCUT2D eigenvalue weighted by molar-refractivity contribution is 7.07. The second kappa shape index (κ2) is 11.0. The van der Waals surface area contributed by atoms with Gasteiger partial charge < -0.3 is 9.47 Å². The minimum Gasteiger partial charge on any atom is -0.489 e. The van der Waals surface area contributed by atoms with Crippen molar-refractivity contribution in [2.75, 3.05) is 7.11 Å². The lowest BCUT2D eigenvalue weighted by Crippen LogP contribution is -2.39. The van der Waals surface area contributed by atoms with E-state index in [1.807, 2.05) is 48.5 Å². The Morgan fingerprint density at radius 2 is 1.76 bits per heavy atom. The second-order valence-electron chi connectivity index (χ2n) is 8.57. The topological polar surface area (TPSA) is 69.9 Å². The summed E-state index contributed by atoms with van der Waals surface area (Å²) in [4.78, 5) is 31.4. The molecule has 0 saturated heterocycles. The predicted octanol–water partition coefficient (Wildman–Crippen LogP) is 5.29. The van der Waals surface area contributed by atoms with Crippen molar-refractivity contribution in [1.82, 2.24) is 4.57 Å². The highest BCUT2D eigenvalue weighted by atomic mass is 35.5. The van der Waals surface area contributed by atoms with Gasteiger partial charge >= 0.3 is 5.97 Å². The summed E-state index contributed by atoms with van der Waals surface area (Å²) in [5.74, 6) is 0.150. The number of hydrogen-bond donors (Lipinski definition) is 0. The number of ether oxygens (including phenoxy) is 2. The van der Waals surface area contributed by atoms with Crippen molar-refractivity contribution in [3.05, 3.63) is 130 Å². The molecule has 0 spiro atoms. The lowest BCUT2D eigenvalue weighted by atomic mass is 9.96. The van der Waals surface area contributed by atoms with Crippen LogP contribution >= 0.6 is 34.5 Å². The van der Waals surface area contributed by atoms with Crippen LogP contribution in [0.3, 0.4) is 0 Å². The molecule has 0 unspecified atom stereocenters. The number of hydrogen-bond acceptors (Lipinski definition) is 6. The second-order valence-corrected chi connectivity index (χ2v) is 10.4. The third-order valence-corrected chi connectivity index (χ3v) is 7.75. The molecule has 0 aliphatic carbocycles. The van der Waals surface area contributed by atoms with E-state index in [-0.39, 0.29) is 5.56 Å². The number of carbonyl (C=O) groups excluding carboxylic acids is 1. The molecular weight excluding hydrogens is 543 g/mol. The van der Waals surface area contributed by atoms with Gasteiger partial charge in [0, 0.05) is 15.6 Å². The standard InChI is InChI=1S/C29H22Cl2N2O4S/c1-17-25(28(35)36-2)26(19-9-11-21(30)12-10-19)33-27(34)24(38-29(33)32-17)15-18-7-13-22(14-8-18)37-16-20-5-3-4-6-23(20)31/h3-15,26H,16H2,1-2H3/b24-15-/t26-/m0/s1. The van der Waals surface area contributed by atoms with Crippen molar-refractivity contribution in [3.63, 3.8) is 0 Å². The molecule has 0 radical (unpaired) electrons. The fourth-order valence-electron chi connectivity index (χ4n) is 4.24. The smallest absolute Gasteiger partial charge is 0.338 e. The van der Waals surface area contributed by atoms with Gasteiger partial charge in [0.2, 0.25) is 0 Å². The summed E-state index contributed by atoms with van der Waals surface area (Å²) in [5, 5.41) is 1.21. The maximum atomic E-state index is 13.6. The van der Waals surface area contributed by atoms with Gasteiger partial charge in [0.15, 0.2) is 4.80 Å². The van der Waals surface area contributed by atoms with Crippen LogP contribution in [0, 0.1) is 0 Å². The molecule has 0 amide bonds. The molecular formula is C29H22Cl2N2O4S. The Bertz CT molecular complexity index is 1720. The maximum absolute atomic E-state index is 13.6. The highest BCUT2D eigenvalue weighted by Gasteiger charge is 2.33. The number of benzene rings is 3. The first-order chi connectivity index (χ1) is 18.4. The monoisotopic (exact) mass is 564 g/mol. The van der Waals surface area contributed by atoms with Crippen molar-refractivity contribution >= 4 is 46.6 Å². The Kier molecular flexibility index (Phi) is 7.51. The van der Waals surface area contributed by atoms with Crippen LogP contribution in [-0.2, 0) is 16.1 Å². The van der Waals surface area contributed by atoms with E-state index >= 15 is 0 Å². The van der Waals surface area contributed by atoms with E-state index in [2.05, 4.69) is 4.99 Å². The van der Waals surface area contributed by atoms with Crippen LogP contribution in [0.2, 0.25) is 10.0 Å². The van der Waals surface area contributed by atoms with Crippen LogP contribution in [0.1, 0.15) is 29.7 Å². The van der Waals surface area contributed by atoms with Crippen LogP contribution in [0.4, 0.5) is 0 Å². The molecule has 4 aromatic rings. The number of carbonyl (C=O) groups is 1. The van der Waals surface area contributed by atoms with Gasteiger partial charge in [0.05, 0.1) is 29.0 Å². The fraction of sp³-hybridized carbons (Fsp3) is 0.138. The molecule has 0 bridgehead atoms. The summed E-state index contributed by atoms with van der Waals surface area (Å²) in [7, 11) is 1.31. The molecule has 9 heteroatoms. The van der Waals surface area contributed by atoms with Crippen LogP contribution in [0.15, 0.2) is 93.9 Å². The number of methoxy groups -OCH3 is 1. The Hall–Kier alpha value is -3.65. The van der Waals surface area contributed by atoms with E-state index in [1.165, 1.54) is 18.4 Å². The molecule has 6 nitrogen and oxygen atoms in total. The van der Waals surface area contributed by atoms with Gasteiger partial charge in [-0.25, -0.2) is 9.79 Å². The van der Waals surface area contributed by atoms with E-state index in [0.717, 1.165) is 16.7 Å². The largest absolute Gasteiger partial charge is 0.489 e. The first-order valence-corrected chi connectivity index (χ1v) is 13.3. The Labute approximate surface area is 232 Å². The van der Waals surface area contributed by atoms with Gasteiger partial charge in [-0.05, 0) is 54.5 Å². The van der Waals surface area contributed by atoms with Crippen molar-refractivity contribution in [3.8, 4) is 5.75 Å². The first-order valence-electron chi connectivity index (χ1n) is 11.7. The Balaban J connectivity index is 1.50. The molecule has 38 heavy (non-hydrogen) atoms. The molecule has 192 valence electrons. The Morgan fingerprint density at radius 1 is 1.05 bits per heavy atom. The molecule has 1 aromatic heterocycles. The SMILES string of the molecule is COC(=O)C1=C(C)N=c2s/c(=C\c3ccc(OCc4ccccc4Cl)cc3)c(=O)n2[C@H]1c1ccc(Cl)cc1. The van der Waals surface area contributed by atoms with Crippen molar-refractivity contribution in [1.29, 1.82) is 0 Å². The van der Waals surface area contributed by atoms with E-state index in [9.17, 15) is 9.59 Å². The van der Waals surface area contributed by atoms with Crippen LogP contribution in [0.5, 0.6) is 5.75 Å². The van der Waals surface area contributed by atoms with Crippen molar-refractivity contribution in [2.45, 2.75) is 19.6 Å². The van der Waals surface area contributed by atoms with Gasteiger partial charge in [-0.2, -0.15) is 0 Å². The van der Waals surface area contributed by atoms with Gasteiger partial charge in [0.25, 0.3) is 5.56 Å². The normalized spacial score (nSPS) is 15.2. The number of allylic oxidation sites excluding steroid dienone is 1. The number of fused-ring (bicyclic) bond motifs is 1. The maximum Gasteiger partial charge on any atom is 0.338 e. The number of thiazole rings is 1. The Morgan fingerprint density at radius 3 is 2.45 bits per heavy atom. The summed E-state index contributed by atoms with van der Waals surface area (Å²) in [6, 6.07) is 21.3. The van der Waals surface area contributed by atoms with Crippen LogP contribution in [0.25, 0.3) is 6.08 Å². The van der Waals surface area contributed by atoms with Crippen molar-refractivity contribution < 1.29 is 14.3 Å². The zero-order valence-electron chi connectivity index (χ0n) is 20.5. The number of nitrogens with zero attached hydrogens (tertiary/aromatic N) is 2. The van der Waals surface area contributed by atoms with E-state index in [0.29, 0.717) is 43.0 Å². The fourth-order valence-corrected chi connectivity index (χ4v) is 5.60. The van der Waals surface area contributed by atoms with Gasteiger partial charge in [-0.15, -0.1) is 0 Å². The molecule has 1 atom stereocenters. The highest BCUT2D eigenvalue weighted by Crippen LogP contribution is 2.31. The van der Waals surface area contributed by atoms with Crippen LogP contribution in [-0.4, -0.2) is 17.6 Å². The predicted molar refractivity (Wildman–Crippen MR) is 149 cm³/mol. The van der Waals surface area contributed by atoms with Crippen LogP contribution < -0.4 is 19.6 Å². The third kappa shape index (κ3) is 5.18. The first kappa shape index (κ1) is 26.0. The summed E-state index contributed by atoms with van der Waals surface area (Å²) >= 11 is 13.6. The summed E-state index contributed by atoms with van der Waals surface area (Å²) in [5.41, 5.74) is 3.03. The summed E-state index contributed by atoms with van der Waals surface area (Å²) < 4.78 is 12.9.